The van der Waals surface area contributed by atoms with E-state index in [0.717, 1.165) is 6.20 Å². The van der Waals surface area contributed by atoms with Gasteiger partial charge in [0.15, 0.2) is 6.10 Å². The van der Waals surface area contributed by atoms with Gasteiger partial charge in [0.25, 0.3) is 5.91 Å². The van der Waals surface area contributed by atoms with Crippen LogP contribution in [0.1, 0.15) is 16.6 Å². The van der Waals surface area contributed by atoms with Crippen LogP contribution in [0.3, 0.4) is 0 Å². The number of alkyl halides is 2. The third kappa shape index (κ3) is 2.77. The molecule has 0 bridgehead atoms. The average Bonchev–Trinajstić information content (AvgIpc) is 3.07. The summed E-state index contributed by atoms with van der Waals surface area (Å²) in [5, 5.41) is 22.5. The van der Waals surface area contributed by atoms with Crippen LogP contribution in [0.25, 0.3) is 11.4 Å². The van der Waals surface area contributed by atoms with Crippen LogP contribution in [0.5, 0.6) is 0 Å². The van der Waals surface area contributed by atoms with Crippen molar-refractivity contribution in [2.24, 2.45) is 12.8 Å². The van der Waals surface area contributed by atoms with Gasteiger partial charge in [-0.1, -0.05) is 0 Å². The van der Waals surface area contributed by atoms with Gasteiger partial charge in [0.2, 0.25) is 6.23 Å². The van der Waals surface area contributed by atoms with E-state index < -0.39 is 42.6 Å². The van der Waals surface area contributed by atoms with Gasteiger partial charge in [-0.15, -0.1) is 0 Å². The Morgan fingerprint density at radius 1 is 1.50 bits per heavy atom. The molecule has 1 fully saturated rings. The van der Waals surface area contributed by atoms with Crippen molar-refractivity contribution in [2.75, 3.05) is 6.61 Å². The summed E-state index contributed by atoms with van der Waals surface area (Å²) in [5.74, 6) is -4.61. The van der Waals surface area contributed by atoms with Gasteiger partial charge in [-0.2, -0.15) is 18.9 Å². The first kappa shape index (κ1) is 18.1. The minimum absolute atomic E-state index is 0.00960. The van der Waals surface area contributed by atoms with Gasteiger partial charge in [0, 0.05) is 19.4 Å². The first-order chi connectivity index (χ1) is 12.2. The van der Waals surface area contributed by atoms with Crippen molar-refractivity contribution in [2.45, 2.75) is 24.4 Å². The number of aryl methyl sites for hydroxylation is 1. The highest BCUT2D eigenvalue weighted by molar-refractivity contribution is 5.98. The lowest BCUT2D eigenvalue weighted by atomic mass is 10.1. The fourth-order valence-electron chi connectivity index (χ4n) is 2.70. The Hall–Kier alpha value is -2.70. The molecule has 2 aromatic heterocycles. The minimum atomic E-state index is -3.82. The number of primary amides is 1. The second-order valence-electron chi connectivity index (χ2n) is 5.76. The molecule has 0 radical (unpaired) electrons. The number of aromatic nitrogens is 4. The van der Waals surface area contributed by atoms with Crippen LogP contribution >= 0.6 is 0 Å². The highest BCUT2D eigenvalue weighted by atomic mass is 19.3. The zero-order valence-electron chi connectivity index (χ0n) is 13.4. The molecule has 1 amide bonds. The van der Waals surface area contributed by atoms with Crippen molar-refractivity contribution in [1.29, 1.82) is 0 Å². The van der Waals surface area contributed by atoms with Gasteiger partial charge in [0.05, 0.1) is 17.9 Å². The fraction of sp³-hybridized carbons (Fsp3) is 0.429. The summed E-state index contributed by atoms with van der Waals surface area (Å²) in [6.07, 6.45) is -3.64. The third-order valence-electron chi connectivity index (χ3n) is 3.98. The summed E-state index contributed by atoms with van der Waals surface area (Å²) >= 11 is 0. The van der Waals surface area contributed by atoms with Crippen LogP contribution < -0.4 is 11.4 Å². The first-order valence-corrected chi connectivity index (χ1v) is 7.42. The molecule has 0 unspecified atom stereocenters. The van der Waals surface area contributed by atoms with E-state index >= 15 is 0 Å². The zero-order valence-corrected chi connectivity index (χ0v) is 13.4. The van der Waals surface area contributed by atoms with E-state index in [-0.39, 0.29) is 17.0 Å². The Morgan fingerprint density at radius 3 is 2.73 bits per heavy atom. The topological polar surface area (TPSA) is 145 Å². The first-order valence-electron chi connectivity index (χ1n) is 7.42. The van der Waals surface area contributed by atoms with E-state index in [1.54, 1.807) is 0 Å². The van der Waals surface area contributed by atoms with Gasteiger partial charge in [0.1, 0.15) is 11.8 Å². The quantitative estimate of drug-likeness (QED) is 0.601. The molecule has 1 saturated heterocycles. The fourth-order valence-corrected chi connectivity index (χ4v) is 2.70. The van der Waals surface area contributed by atoms with Crippen molar-refractivity contribution in [3.05, 3.63) is 34.5 Å². The summed E-state index contributed by atoms with van der Waals surface area (Å²) in [6.45, 7) is -0.844. The molecule has 0 spiro atoms. The molecule has 3 atom stereocenters. The predicted octanol–water partition coefficient (Wildman–Crippen LogP) is -1.37. The largest absolute Gasteiger partial charge is 0.394 e. The van der Waals surface area contributed by atoms with Crippen molar-refractivity contribution >= 4 is 5.91 Å². The molecule has 140 valence electrons. The Labute approximate surface area is 144 Å². The van der Waals surface area contributed by atoms with E-state index in [0.29, 0.717) is 4.57 Å². The molecule has 0 saturated carbocycles. The van der Waals surface area contributed by atoms with E-state index in [4.69, 9.17) is 15.6 Å². The minimum Gasteiger partial charge on any atom is -0.394 e. The van der Waals surface area contributed by atoms with Gasteiger partial charge < -0.3 is 20.7 Å². The van der Waals surface area contributed by atoms with Crippen LogP contribution in [0.15, 0.2) is 23.3 Å². The Morgan fingerprint density at radius 2 is 2.19 bits per heavy atom. The maximum Gasteiger partial charge on any atom is 0.350 e. The average molecular weight is 371 g/mol. The molecular weight excluding hydrogens is 356 g/mol. The molecule has 0 aromatic carbocycles. The molecule has 1 aliphatic heterocycles. The van der Waals surface area contributed by atoms with Gasteiger partial charge in [-0.25, -0.2) is 4.79 Å². The lowest BCUT2D eigenvalue weighted by molar-refractivity contribution is -0.140. The number of hydrogen-bond donors (Lipinski definition) is 3. The Kier molecular flexibility index (Phi) is 4.34. The molecule has 12 heteroatoms. The molecule has 3 rings (SSSR count). The number of amides is 1. The Balaban J connectivity index is 2.02. The predicted molar refractivity (Wildman–Crippen MR) is 81.2 cm³/mol. The van der Waals surface area contributed by atoms with Crippen LogP contribution in [-0.4, -0.2) is 60.2 Å². The number of carbonyl (C=O) groups excluding carboxylic acids is 1. The molecule has 2 aromatic rings. The molecule has 1 aliphatic rings. The smallest absolute Gasteiger partial charge is 0.350 e. The van der Waals surface area contributed by atoms with Crippen molar-refractivity contribution < 1.29 is 28.5 Å². The number of aliphatic hydroxyl groups excluding tert-OH is 2. The summed E-state index contributed by atoms with van der Waals surface area (Å²) in [6, 6.07) is 1.19. The van der Waals surface area contributed by atoms with Gasteiger partial charge in [-0.3, -0.25) is 14.0 Å². The second-order valence-corrected chi connectivity index (χ2v) is 5.76. The number of halogens is 2. The molecule has 26 heavy (non-hydrogen) atoms. The van der Waals surface area contributed by atoms with E-state index in [2.05, 4.69) is 10.1 Å². The van der Waals surface area contributed by atoms with Crippen LogP contribution in [0.4, 0.5) is 8.78 Å². The van der Waals surface area contributed by atoms with Crippen LogP contribution in [0.2, 0.25) is 0 Å². The number of aliphatic hydroxyl groups is 2. The highest BCUT2D eigenvalue weighted by Crippen LogP contribution is 2.42. The molecular formula is C14H15F2N5O5. The number of rotatable bonds is 4. The van der Waals surface area contributed by atoms with Crippen molar-refractivity contribution in [3.63, 3.8) is 0 Å². The number of nitrogens with two attached hydrogens (primary N) is 1. The van der Waals surface area contributed by atoms with Crippen LogP contribution in [0, 0.1) is 0 Å². The Bertz CT molecular complexity index is 911. The van der Waals surface area contributed by atoms with E-state index in [1.807, 2.05) is 0 Å². The molecule has 4 N–H and O–H groups in total. The van der Waals surface area contributed by atoms with E-state index in [9.17, 15) is 23.5 Å². The van der Waals surface area contributed by atoms with E-state index in [1.165, 1.54) is 24.0 Å². The monoisotopic (exact) mass is 371 g/mol. The lowest BCUT2D eigenvalue weighted by Crippen LogP contribution is -2.41. The molecule has 3 heterocycles. The maximum absolute atomic E-state index is 14.2. The van der Waals surface area contributed by atoms with Crippen LogP contribution in [-0.2, 0) is 11.8 Å². The molecule has 10 nitrogen and oxygen atoms in total. The second kappa shape index (κ2) is 6.23. The van der Waals surface area contributed by atoms with Crippen molar-refractivity contribution in [1.82, 2.24) is 19.3 Å². The number of carbonyl (C=O) groups is 1. The SMILES string of the molecule is Cn1cc(C(N)=O)c(-c2ccn([C@@H]3O[C@H](CO)[C@@H](O)C3(F)F)c(=O)n2)n1. The summed E-state index contributed by atoms with van der Waals surface area (Å²) in [4.78, 5) is 27.3. The number of nitrogens with zero attached hydrogens (tertiary/aromatic N) is 4. The summed E-state index contributed by atoms with van der Waals surface area (Å²) < 4.78 is 35.0. The maximum atomic E-state index is 14.2. The molecule has 0 aliphatic carbocycles. The zero-order chi connectivity index (χ0) is 19.2. The number of ether oxygens (including phenoxy) is 1. The van der Waals surface area contributed by atoms with Gasteiger partial charge >= 0.3 is 11.6 Å². The number of hydrogen-bond acceptors (Lipinski definition) is 7. The third-order valence-corrected chi connectivity index (χ3v) is 3.98. The summed E-state index contributed by atoms with van der Waals surface area (Å²) in [7, 11) is 1.53. The normalized spacial score (nSPS) is 24.7. The highest BCUT2D eigenvalue weighted by Gasteiger charge is 2.59. The van der Waals surface area contributed by atoms with Gasteiger partial charge in [-0.05, 0) is 6.07 Å². The lowest BCUT2D eigenvalue weighted by Gasteiger charge is -2.21. The van der Waals surface area contributed by atoms with Crippen molar-refractivity contribution in [3.8, 4) is 11.4 Å². The summed E-state index contributed by atoms with van der Waals surface area (Å²) in [5.41, 5.74) is 4.12. The standard InChI is InChI=1S/C14H15F2N5O5/c1-20-4-6(11(17)24)9(19-20)7-2-3-21(13(25)18-7)12-14(15,16)10(23)8(5-22)26-12/h2-4,8,10,12,22-23H,5H2,1H3,(H2,17,24)/t8-,10-,12-/m1/s1.